The lowest BCUT2D eigenvalue weighted by atomic mass is 10.0. The molecule has 1 N–H and O–H groups in total. The van der Waals surface area contributed by atoms with Crippen LogP contribution in [-0.2, 0) is 6.42 Å². The molecule has 0 radical (unpaired) electrons. The van der Waals surface area contributed by atoms with E-state index >= 15 is 0 Å². The first-order valence-electron chi connectivity index (χ1n) is 6.99. The zero-order valence-electron chi connectivity index (χ0n) is 12.2. The molecule has 1 aromatic carbocycles. The first-order chi connectivity index (χ1) is 9.51. The van der Waals surface area contributed by atoms with Crippen molar-refractivity contribution in [2.24, 2.45) is 0 Å². The number of aliphatic hydroxyl groups excluding tert-OH is 1. The normalized spacial score (nSPS) is 14.2. The molecule has 0 fully saturated rings. The highest BCUT2D eigenvalue weighted by atomic mass is 19.1. The van der Waals surface area contributed by atoms with Crippen molar-refractivity contribution in [3.05, 3.63) is 53.1 Å². The van der Waals surface area contributed by atoms with E-state index in [1.54, 1.807) is 12.1 Å². The number of aromatic nitrogens is 2. The molecule has 0 aliphatic rings. The second-order valence-electron chi connectivity index (χ2n) is 5.29. The molecular formula is C16H21FN2O. The van der Waals surface area contributed by atoms with Crippen molar-refractivity contribution >= 4 is 0 Å². The summed E-state index contributed by atoms with van der Waals surface area (Å²) in [6, 6.07) is 7.09. The Kier molecular flexibility index (Phi) is 4.55. The molecule has 1 aromatic heterocycles. The van der Waals surface area contributed by atoms with Crippen LogP contribution in [0, 0.1) is 12.7 Å². The minimum absolute atomic E-state index is 0.323. The van der Waals surface area contributed by atoms with Crippen molar-refractivity contribution in [3.8, 4) is 0 Å². The van der Waals surface area contributed by atoms with E-state index in [1.807, 2.05) is 23.9 Å². The minimum atomic E-state index is -0.865. The van der Waals surface area contributed by atoms with E-state index in [0.29, 0.717) is 18.0 Å². The molecular weight excluding hydrogens is 255 g/mol. The summed E-state index contributed by atoms with van der Waals surface area (Å²) in [5.74, 6) is -0.362. The largest absolute Gasteiger partial charge is 0.388 e. The van der Waals surface area contributed by atoms with Crippen molar-refractivity contribution in [3.63, 3.8) is 0 Å². The van der Waals surface area contributed by atoms with E-state index < -0.39 is 6.10 Å². The third-order valence-electron chi connectivity index (χ3n) is 3.62. The Morgan fingerprint density at radius 3 is 2.75 bits per heavy atom. The average Bonchev–Trinajstić information content (AvgIpc) is 2.86. The summed E-state index contributed by atoms with van der Waals surface area (Å²) in [6.07, 6.45) is 2.36. The first-order valence-corrected chi connectivity index (χ1v) is 6.99. The highest BCUT2D eigenvalue weighted by molar-refractivity contribution is 5.26. The number of aryl methyl sites for hydroxylation is 1. The Morgan fingerprint density at radius 2 is 2.10 bits per heavy atom. The average molecular weight is 276 g/mol. The van der Waals surface area contributed by atoms with E-state index in [1.165, 1.54) is 6.07 Å². The molecule has 2 unspecified atom stereocenters. The molecule has 4 heteroatoms. The van der Waals surface area contributed by atoms with Crippen LogP contribution in [0.5, 0.6) is 0 Å². The van der Waals surface area contributed by atoms with Crippen LogP contribution < -0.4 is 0 Å². The molecule has 0 spiro atoms. The van der Waals surface area contributed by atoms with Crippen molar-refractivity contribution in [1.29, 1.82) is 0 Å². The molecule has 0 saturated carbocycles. The summed E-state index contributed by atoms with van der Waals surface area (Å²) in [5, 5.41) is 14.6. The maximum Gasteiger partial charge on any atom is 0.129 e. The molecule has 3 nitrogen and oxygen atoms in total. The number of nitrogens with zero attached hydrogens (tertiary/aromatic N) is 2. The van der Waals surface area contributed by atoms with Gasteiger partial charge in [-0.25, -0.2) is 4.39 Å². The SMILES string of the molecule is CCC(C)n1ccc(CC(O)c2ccc(C)cc2F)n1. The Hall–Kier alpha value is -1.68. The van der Waals surface area contributed by atoms with Gasteiger partial charge in [0.25, 0.3) is 0 Å². The smallest absolute Gasteiger partial charge is 0.129 e. The van der Waals surface area contributed by atoms with E-state index in [-0.39, 0.29) is 5.82 Å². The summed E-state index contributed by atoms with van der Waals surface area (Å²) in [7, 11) is 0. The van der Waals surface area contributed by atoms with Crippen molar-refractivity contribution in [2.75, 3.05) is 0 Å². The summed E-state index contributed by atoms with van der Waals surface area (Å²) in [4.78, 5) is 0. The topological polar surface area (TPSA) is 38.0 Å². The zero-order chi connectivity index (χ0) is 14.7. The van der Waals surface area contributed by atoms with E-state index in [2.05, 4.69) is 18.9 Å². The fourth-order valence-electron chi connectivity index (χ4n) is 2.13. The highest BCUT2D eigenvalue weighted by Crippen LogP contribution is 2.22. The third-order valence-corrected chi connectivity index (χ3v) is 3.62. The Labute approximate surface area is 119 Å². The van der Waals surface area contributed by atoms with Crippen LogP contribution in [0.4, 0.5) is 4.39 Å². The fraction of sp³-hybridized carbons (Fsp3) is 0.438. The molecule has 0 aliphatic carbocycles. The monoisotopic (exact) mass is 276 g/mol. The number of hydrogen-bond acceptors (Lipinski definition) is 2. The third kappa shape index (κ3) is 3.25. The Bertz CT molecular complexity index is 580. The van der Waals surface area contributed by atoms with Gasteiger partial charge in [-0.15, -0.1) is 0 Å². The standard InChI is InChI=1S/C16H21FN2O/c1-4-12(3)19-8-7-13(18-19)10-16(20)14-6-5-11(2)9-15(14)17/h5-9,12,16,20H,4,10H2,1-3H3. The quantitative estimate of drug-likeness (QED) is 0.906. The first kappa shape index (κ1) is 14.7. The number of rotatable bonds is 5. The lowest BCUT2D eigenvalue weighted by Gasteiger charge is -2.12. The van der Waals surface area contributed by atoms with Gasteiger partial charge in [0.1, 0.15) is 5.82 Å². The fourth-order valence-corrected chi connectivity index (χ4v) is 2.13. The second kappa shape index (κ2) is 6.18. The van der Waals surface area contributed by atoms with Crippen LogP contribution in [0.15, 0.2) is 30.5 Å². The molecule has 0 bridgehead atoms. The number of benzene rings is 1. The van der Waals surface area contributed by atoms with Gasteiger partial charge >= 0.3 is 0 Å². The molecule has 0 aliphatic heterocycles. The van der Waals surface area contributed by atoms with Crippen LogP contribution in [-0.4, -0.2) is 14.9 Å². The molecule has 0 saturated heterocycles. The Balaban J connectivity index is 2.11. The van der Waals surface area contributed by atoms with Gasteiger partial charge < -0.3 is 5.11 Å². The number of hydrogen-bond donors (Lipinski definition) is 1. The molecule has 108 valence electrons. The van der Waals surface area contributed by atoms with Crippen LogP contribution in [0.3, 0.4) is 0 Å². The molecule has 2 aromatic rings. The van der Waals surface area contributed by atoms with Gasteiger partial charge in [0, 0.05) is 24.2 Å². The Morgan fingerprint density at radius 1 is 1.35 bits per heavy atom. The van der Waals surface area contributed by atoms with Crippen LogP contribution in [0.25, 0.3) is 0 Å². The van der Waals surface area contributed by atoms with E-state index in [0.717, 1.165) is 17.7 Å². The predicted molar refractivity (Wildman–Crippen MR) is 77.0 cm³/mol. The van der Waals surface area contributed by atoms with Gasteiger partial charge in [-0.3, -0.25) is 4.68 Å². The minimum Gasteiger partial charge on any atom is -0.388 e. The maximum atomic E-state index is 13.8. The van der Waals surface area contributed by atoms with Crippen LogP contribution >= 0.6 is 0 Å². The van der Waals surface area contributed by atoms with Gasteiger partial charge in [0.15, 0.2) is 0 Å². The zero-order valence-corrected chi connectivity index (χ0v) is 12.2. The van der Waals surface area contributed by atoms with Crippen molar-refractivity contribution in [2.45, 2.75) is 45.8 Å². The van der Waals surface area contributed by atoms with Gasteiger partial charge in [-0.2, -0.15) is 5.10 Å². The summed E-state index contributed by atoms with van der Waals surface area (Å²) >= 11 is 0. The van der Waals surface area contributed by atoms with Gasteiger partial charge in [-0.1, -0.05) is 19.1 Å². The molecule has 20 heavy (non-hydrogen) atoms. The lowest BCUT2D eigenvalue weighted by molar-refractivity contribution is 0.172. The van der Waals surface area contributed by atoms with Gasteiger partial charge in [0.05, 0.1) is 11.8 Å². The van der Waals surface area contributed by atoms with Crippen LogP contribution in [0.2, 0.25) is 0 Å². The molecule has 1 heterocycles. The molecule has 0 amide bonds. The highest BCUT2D eigenvalue weighted by Gasteiger charge is 2.15. The lowest BCUT2D eigenvalue weighted by Crippen LogP contribution is -2.08. The summed E-state index contributed by atoms with van der Waals surface area (Å²) in [5.41, 5.74) is 1.95. The van der Waals surface area contributed by atoms with Crippen molar-refractivity contribution in [1.82, 2.24) is 9.78 Å². The second-order valence-corrected chi connectivity index (χ2v) is 5.29. The number of aliphatic hydroxyl groups is 1. The van der Waals surface area contributed by atoms with Crippen LogP contribution in [0.1, 0.15) is 49.2 Å². The molecule has 2 rings (SSSR count). The van der Waals surface area contributed by atoms with Gasteiger partial charge in [0.2, 0.25) is 0 Å². The predicted octanol–water partition coefficient (Wildman–Crippen LogP) is 3.58. The van der Waals surface area contributed by atoms with Crippen molar-refractivity contribution < 1.29 is 9.50 Å². The summed E-state index contributed by atoms with van der Waals surface area (Å²) in [6.45, 7) is 6.02. The number of halogens is 1. The summed E-state index contributed by atoms with van der Waals surface area (Å²) < 4.78 is 15.7. The van der Waals surface area contributed by atoms with E-state index in [4.69, 9.17) is 0 Å². The van der Waals surface area contributed by atoms with Gasteiger partial charge in [-0.05, 0) is 38.0 Å². The molecule has 2 atom stereocenters. The maximum absolute atomic E-state index is 13.8. The van der Waals surface area contributed by atoms with E-state index in [9.17, 15) is 9.50 Å².